The summed E-state index contributed by atoms with van der Waals surface area (Å²) in [4.78, 5) is 8.70. The Morgan fingerprint density at radius 1 is 1.27 bits per heavy atom. The number of fused-ring (bicyclic) bond motifs is 1. The number of aliphatic imine (C=N–C) groups is 1. The first-order valence-corrected chi connectivity index (χ1v) is 10.3. The highest BCUT2D eigenvalue weighted by molar-refractivity contribution is 6.32. The molecule has 2 aromatic heterocycles. The third-order valence-electron chi connectivity index (χ3n) is 5.38. The van der Waals surface area contributed by atoms with Gasteiger partial charge >= 0.3 is 0 Å². The lowest BCUT2D eigenvalue weighted by molar-refractivity contribution is 0.147. The van der Waals surface area contributed by atoms with Gasteiger partial charge in [-0.05, 0) is 56.4 Å². The van der Waals surface area contributed by atoms with Crippen molar-refractivity contribution in [3.05, 3.63) is 71.0 Å². The number of hydrogen-bond acceptors (Lipinski definition) is 3. The number of imidazole rings is 1. The van der Waals surface area contributed by atoms with Gasteiger partial charge in [0.25, 0.3) is 6.43 Å². The van der Waals surface area contributed by atoms with Gasteiger partial charge in [0.1, 0.15) is 17.2 Å². The molecule has 0 spiro atoms. The van der Waals surface area contributed by atoms with Crippen LogP contribution < -0.4 is 5.32 Å². The number of nitrogens with one attached hydrogen (secondary N) is 1. The van der Waals surface area contributed by atoms with E-state index in [9.17, 15) is 8.78 Å². The first-order valence-electron chi connectivity index (χ1n) is 9.95. The van der Waals surface area contributed by atoms with Crippen LogP contribution in [0.1, 0.15) is 48.9 Å². The molecular weight excluding hydrogens is 406 g/mol. The molecule has 4 rings (SSSR count). The van der Waals surface area contributed by atoms with Gasteiger partial charge in [0.05, 0.1) is 5.02 Å². The van der Waals surface area contributed by atoms with Gasteiger partial charge in [-0.3, -0.25) is 4.40 Å². The summed E-state index contributed by atoms with van der Waals surface area (Å²) in [6.45, 7) is 6.16. The zero-order valence-corrected chi connectivity index (χ0v) is 17.5. The lowest BCUT2D eigenvalue weighted by Gasteiger charge is -2.26. The third-order valence-corrected chi connectivity index (χ3v) is 5.69. The summed E-state index contributed by atoms with van der Waals surface area (Å²) >= 11 is 6.35. The smallest absolute Gasteiger partial charge is 0.281 e. The van der Waals surface area contributed by atoms with Crippen LogP contribution in [-0.4, -0.2) is 21.1 Å². The highest BCUT2D eigenvalue weighted by atomic mass is 35.5. The number of nitrogens with zero attached hydrogens (tertiary/aromatic N) is 3. The van der Waals surface area contributed by atoms with E-state index in [1.807, 2.05) is 31.2 Å². The van der Waals surface area contributed by atoms with Crippen molar-refractivity contribution < 1.29 is 8.78 Å². The molecule has 1 aliphatic carbocycles. The molecule has 156 valence electrons. The summed E-state index contributed by atoms with van der Waals surface area (Å²) < 4.78 is 27.6. The van der Waals surface area contributed by atoms with Crippen molar-refractivity contribution in [1.82, 2.24) is 14.7 Å². The third kappa shape index (κ3) is 4.38. The summed E-state index contributed by atoms with van der Waals surface area (Å²) in [7, 11) is 0. The van der Waals surface area contributed by atoms with E-state index in [2.05, 4.69) is 16.9 Å². The molecule has 1 aromatic carbocycles. The molecule has 4 nitrogen and oxygen atoms in total. The molecule has 0 aliphatic heterocycles. The van der Waals surface area contributed by atoms with Crippen LogP contribution in [0.4, 0.5) is 14.6 Å². The Morgan fingerprint density at radius 2 is 2.03 bits per heavy atom. The van der Waals surface area contributed by atoms with E-state index in [1.165, 1.54) is 6.20 Å². The number of pyridine rings is 1. The molecule has 0 bridgehead atoms. The van der Waals surface area contributed by atoms with Gasteiger partial charge < -0.3 is 5.32 Å². The number of aromatic nitrogens is 2. The molecule has 7 heteroatoms. The molecule has 0 unspecified atom stereocenters. The van der Waals surface area contributed by atoms with Gasteiger partial charge in [0.15, 0.2) is 0 Å². The lowest BCUT2D eigenvalue weighted by atomic mass is 9.93. The van der Waals surface area contributed by atoms with Crippen LogP contribution in [0.5, 0.6) is 0 Å². The first kappa shape index (κ1) is 20.5. The second-order valence-electron chi connectivity index (χ2n) is 7.64. The van der Waals surface area contributed by atoms with E-state index in [1.54, 1.807) is 16.5 Å². The maximum Gasteiger partial charge on any atom is 0.281 e. The van der Waals surface area contributed by atoms with Gasteiger partial charge in [0.2, 0.25) is 0 Å². The standard InChI is InChI=1S/C23H23ClF2N4/c1-14-6-11-18(19(24)12-14)15(2)27-16-7-9-17(10-8-16)28-21-4-3-5-22-29-20(23(25)26)13-30(21)22/h3-6,11-13,16,23,27H,2,7-10H2,1H3. The Hall–Kier alpha value is -2.73. The average molecular weight is 429 g/mol. The number of hydrogen-bond donors (Lipinski definition) is 1. The number of halogens is 3. The number of alkyl halides is 2. The normalized spacial score (nSPS) is 16.8. The second-order valence-corrected chi connectivity index (χ2v) is 8.04. The summed E-state index contributed by atoms with van der Waals surface area (Å²) in [6, 6.07) is 11.6. The number of benzene rings is 1. The molecule has 2 heterocycles. The molecule has 1 fully saturated rings. The summed E-state index contributed by atoms with van der Waals surface area (Å²) in [6.07, 6.45) is 2.27. The second kappa shape index (κ2) is 8.56. The van der Waals surface area contributed by atoms with Gasteiger partial charge in [-0.2, -0.15) is 0 Å². The molecule has 0 amide bonds. The van der Waals surface area contributed by atoms with Crippen molar-refractivity contribution in [2.45, 2.75) is 45.1 Å². The van der Waals surface area contributed by atoms with E-state index in [4.69, 9.17) is 16.6 Å². The Kier molecular flexibility index (Phi) is 5.86. The zero-order valence-electron chi connectivity index (χ0n) is 16.7. The summed E-state index contributed by atoms with van der Waals surface area (Å²) in [5.74, 6) is 0.629. The first-order chi connectivity index (χ1) is 14.4. The van der Waals surface area contributed by atoms with Crippen molar-refractivity contribution in [3.63, 3.8) is 0 Å². The van der Waals surface area contributed by atoms with Crippen molar-refractivity contribution in [2.24, 2.45) is 4.99 Å². The molecule has 0 radical (unpaired) electrons. The van der Waals surface area contributed by atoms with E-state index in [0.717, 1.165) is 48.2 Å². The predicted octanol–water partition coefficient (Wildman–Crippen LogP) is 6.51. The van der Waals surface area contributed by atoms with Crippen LogP contribution in [0.25, 0.3) is 11.3 Å². The average Bonchev–Trinajstić information content (AvgIpc) is 3.15. The van der Waals surface area contributed by atoms with E-state index in [0.29, 0.717) is 22.5 Å². The minimum Gasteiger partial charge on any atom is -0.382 e. The monoisotopic (exact) mass is 428 g/mol. The minimum atomic E-state index is -2.60. The topological polar surface area (TPSA) is 41.7 Å². The van der Waals surface area contributed by atoms with Crippen LogP contribution in [0.3, 0.4) is 0 Å². The Balaban J connectivity index is 1.43. The Morgan fingerprint density at radius 3 is 2.73 bits per heavy atom. The summed E-state index contributed by atoms with van der Waals surface area (Å²) in [5, 5.41) is 4.19. The Labute approximate surface area is 179 Å². The van der Waals surface area contributed by atoms with E-state index in [-0.39, 0.29) is 5.69 Å². The molecule has 1 saturated carbocycles. The summed E-state index contributed by atoms with van der Waals surface area (Å²) in [5.41, 5.74) is 4.17. The molecule has 30 heavy (non-hydrogen) atoms. The van der Waals surface area contributed by atoms with Crippen molar-refractivity contribution in [1.29, 1.82) is 0 Å². The Bertz CT molecular complexity index is 1110. The van der Waals surface area contributed by atoms with Crippen LogP contribution in [-0.2, 0) is 0 Å². The maximum absolute atomic E-state index is 13.0. The van der Waals surface area contributed by atoms with Crippen LogP contribution in [0.2, 0.25) is 5.02 Å². The quantitative estimate of drug-likeness (QED) is 0.503. The van der Waals surface area contributed by atoms with Crippen LogP contribution in [0.15, 0.2) is 54.2 Å². The molecule has 1 N–H and O–H groups in total. The lowest BCUT2D eigenvalue weighted by Crippen LogP contribution is -2.32. The van der Waals surface area contributed by atoms with Gasteiger partial charge in [-0.25, -0.2) is 18.8 Å². The molecule has 3 aromatic rings. The van der Waals surface area contributed by atoms with E-state index < -0.39 is 6.43 Å². The van der Waals surface area contributed by atoms with Gasteiger partial charge in [-0.15, -0.1) is 0 Å². The largest absolute Gasteiger partial charge is 0.382 e. The highest BCUT2D eigenvalue weighted by Gasteiger charge is 2.20. The van der Waals surface area contributed by atoms with Gasteiger partial charge in [0, 0.05) is 29.2 Å². The zero-order chi connectivity index (χ0) is 21.3. The number of rotatable bonds is 5. The van der Waals surface area contributed by atoms with Crippen LogP contribution in [0, 0.1) is 6.92 Å². The van der Waals surface area contributed by atoms with Crippen LogP contribution >= 0.6 is 11.6 Å². The fourth-order valence-electron chi connectivity index (χ4n) is 3.77. The fourth-order valence-corrected chi connectivity index (χ4v) is 4.12. The SMILES string of the molecule is C=C(NC1CCC(=Nc2cccc3nc(C(F)F)cn23)CC1)c1ccc(C)cc1Cl. The van der Waals surface area contributed by atoms with Crippen molar-refractivity contribution in [2.75, 3.05) is 0 Å². The molecule has 1 aliphatic rings. The molecule has 0 atom stereocenters. The number of aryl methyl sites for hydroxylation is 1. The minimum absolute atomic E-state index is 0.233. The van der Waals surface area contributed by atoms with Gasteiger partial charge in [-0.1, -0.05) is 36.4 Å². The van der Waals surface area contributed by atoms with Crippen molar-refractivity contribution in [3.8, 4) is 0 Å². The predicted molar refractivity (Wildman–Crippen MR) is 118 cm³/mol. The molecule has 0 saturated heterocycles. The van der Waals surface area contributed by atoms with E-state index >= 15 is 0 Å². The fraction of sp³-hybridized carbons (Fsp3) is 0.304. The maximum atomic E-state index is 13.0. The van der Waals surface area contributed by atoms with Crippen molar-refractivity contribution >= 4 is 34.5 Å². The highest BCUT2D eigenvalue weighted by Crippen LogP contribution is 2.27. The molecular formula is C23H23ClF2N4.